The van der Waals surface area contributed by atoms with E-state index in [1.54, 1.807) is 0 Å². The molecular weight excluding hydrogens is 148 g/mol. The van der Waals surface area contributed by atoms with Crippen molar-refractivity contribution in [2.45, 2.75) is 19.8 Å². The monoisotopic (exact) mass is 156 g/mol. The number of rotatable bonds is 3. The molecule has 0 radical (unpaired) electrons. The minimum absolute atomic E-state index is 0.0637. The highest BCUT2D eigenvalue weighted by molar-refractivity contribution is 5.75. The summed E-state index contributed by atoms with van der Waals surface area (Å²) in [6.07, 6.45) is 2.04. The molecule has 4 heteroatoms. The highest BCUT2D eigenvalue weighted by Gasteiger charge is 2.01. The number of carbonyl (C=O) groups is 1. The number of aryl methyl sites for hydroxylation is 1. The molecule has 0 aliphatic carbocycles. The summed E-state index contributed by atoms with van der Waals surface area (Å²) >= 11 is 0. The highest BCUT2D eigenvalue weighted by Crippen LogP contribution is 1.99. The van der Waals surface area contributed by atoms with Crippen LogP contribution in [0.3, 0.4) is 0 Å². The second kappa shape index (κ2) is 3.18. The predicted molar refractivity (Wildman–Crippen MR) is 36.2 cm³/mol. The van der Waals surface area contributed by atoms with E-state index < -0.39 is 5.82 Å². The third-order valence-electron chi connectivity index (χ3n) is 1.22. The molecule has 0 N–H and O–H groups in total. The Hall–Kier alpha value is -1.32. The van der Waals surface area contributed by atoms with Gasteiger partial charge in [-0.15, -0.1) is 0 Å². The third kappa shape index (κ3) is 2.41. The maximum absolute atomic E-state index is 10.5. The summed E-state index contributed by atoms with van der Waals surface area (Å²) in [4.78, 5) is 20.8. The first-order valence-corrected chi connectivity index (χ1v) is 3.25. The molecule has 60 valence electrons. The standard InChI is InChI=1S/C7H8O4/c1-5(8)2-3-6-4-10-7(9)11-6/h4H,2-3H2,1H3. The fourth-order valence-corrected chi connectivity index (χ4v) is 0.678. The van der Waals surface area contributed by atoms with Crippen LogP contribution in [-0.4, -0.2) is 5.78 Å². The first-order valence-electron chi connectivity index (χ1n) is 3.25. The quantitative estimate of drug-likeness (QED) is 0.648. The molecule has 0 aromatic carbocycles. The zero-order valence-electron chi connectivity index (χ0n) is 6.12. The molecule has 0 saturated heterocycles. The van der Waals surface area contributed by atoms with Gasteiger partial charge in [0, 0.05) is 12.8 Å². The van der Waals surface area contributed by atoms with Crippen molar-refractivity contribution in [3.05, 3.63) is 22.6 Å². The number of hydrogen-bond acceptors (Lipinski definition) is 4. The highest BCUT2D eigenvalue weighted by atomic mass is 16.6. The Balaban J connectivity index is 2.51. The van der Waals surface area contributed by atoms with Gasteiger partial charge in [0.2, 0.25) is 0 Å². The molecule has 1 aromatic heterocycles. The predicted octanol–water partition coefficient (Wildman–Crippen LogP) is 0.754. The van der Waals surface area contributed by atoms with E-state index in [4.69, 9.17) is 0 Å². The van der Waals surface area contributed by atoms with Crippen LogP contribution >= 0.6 is 0 Å². The van der Waals surface area contributed by atoms with Crippen LogP contribution in [0.2, 0.25) is 0 Å². The van der Waals surface area contributed by atoms with Crippen molar-refractivity contribution in [1.29, 1.82) is 0 Å². The number of carbonyl (C=O) groups excluding carboxylic acids is 1. The zero-order valence-corrected chi connectivity index (χ0v) is 6.12. The van der Waals surface area contributed by atoms with Gasteiger partial charge in [0.05, 0.1) is 0 Å². The lowest BCUT2D eigenvalue weighted by Gasteiger charge is -1.87. The molecule has 1 heterocycles. The maximum Gasteiger partial charge on any atom is 0.518 e. The summed E-state index contributed by atoms with van der Waals surface area (Å²) in [5.41, 5.74) is 0. The van der Waals surface area contributed by atoms with Crippen LogP contribution in [0.25, 0.3) is 0 Å². The number of Topliss-reactive ketones (excluding diaryl/α,β-unsaturated/α-hetero) is 1. The normalized spacial score (nSPS) is 9.91. The average Bonchev–Trinajstić information content (AvgIpc) is 2.31. The van der Waals surface area contributed by atoms with E-state index in [1.165, 1.54) is 13.2 Å². The molecule has 0 fully saturated rings. The fraction of sp³-hybridized carbons (Fsp3) is 0.429. The molecule has 0 spiro atoms. The fourth-order valence-electron chi connectivity index (χ4n) is 0.678. The summed E-state index contributed by atoms with van der Waals surface area (Å²) in [7, 11) is 0. The molecule has 0 amide bonds. The summed E-state index contributed by atoms with van der Waals surface area (Å²) in [6.45, 7) is 1.48. The maximum atomic E-state index is 10.5. The Labute approximate surface area is 62.8 Å². The van der Waals surface area contributed by atoms with Crippen molar-refractivity contribution in [3.8, 4) is 0 Å². The molecule has 0 unspecified atom stereocenters. The Morgan fingerprint density at radius 3 is 2.82 bits per heavy atom. The Kier molecular flexibility index (Phi) is 2.25. The molecule has 4 nitrogen and oxygen atoms in total. The van der Waals surface area contributed by atoms with Gasteiger partial charge in [-0.3, -0.25) is 0 Å². The zero-order chi connectivity index (χ0) is 8.27. The van der Waals surface area contributed by atoms with Crippen molar-refractivity contribution >= 4 is 5.78 Å². The molecule has 1 aromatic rings. The summed E-state index contributed by atoms with van der Waals surface area (Å²) in [5.74, 6) is -0.234. The average molecular weight is 156 g/mol. The van der Waals surface area contributed by atoms with Crippen LogP contribution in [0.4, 0.5) is 0 Å². The van der Waals surface area contributed by atoms with Crippen LogP contribution in [0.15, 0.2) is 19.9 Å². The largest absolute Gasteiger partial charge is 0.518 e. The summed E-state index contributed by atoms with van der Waals surface area (Å²) in [5, 5.41) is 0. The van der Waals surface area contributed by atoms with E-state index in [-0.39, 0.29) is 5.78 Å². The first kappa shape index (κ1) is 7.78. The van der Waals surface area contributed by atoms with Crippen LogP contribution in [0, 0.1) is 0 Å². The minimum atomic E-state index is -0.719. The van der Waals surface area contributed by atoms with Crippen molar-refractivity contribution in [2.24, 2.45) is 0 Å². The molecule has 0 atom stereocenters. The minimum Gasteiger partial charge on any atom is -0.399 e. The van der Waals surface area contributed by atoms with Crippen molar-refractivity contribution < 1.29 is 13.6 Å². The van der Waals surface area contributed by atoms with E-state index in [1.807, 2.05) is 0 Å². The Bertz CT molecular complexity index is 293. The van der Waals surface area contributed by atoms with Crippen LogP contribution < -0.4 is 5.82 Å². The van der Waals surface area contributed by atoms with E-state index >= 15 is 0 Å². The lowest BCUT2D eigenvalue weighted by atomic mass is 10.2. The van der Waals surface area contributed by atoms with Gasteiger partial charge in [0.25, 0.3) is 0 Å². The van der Waals surface area contributed by atoms with Gasteiger partial charge in [0.15, 0.2) is 0 Å². The van der Waals surface area contributed by atoms with Gasteiger partial charge < -0.3 is 13.6 Å². The molecule has 11 heavy (non-hydrogen) atoms. The van der Waals surface area contributed by atoms with Crippen LogP contribution in [0.1, 0.15) is 19.1 Å². The smallest absolute Gasteiger partial charge is 0.399 e. The molecule has 0 bridgehead atoms. The van der Waals surface area contributed by atoms with Gasteiger partial charge in [-0.2, -0.15) is 0 Å². The lowest BCUT2D eigenvalue weighted by molar-refractivity contribution is -0.117. The summed E-state index contributed by atoms with van der Waals surface area (Å²) < 4.78 is 8.92. The van der Waals surface area contributed by atoms with Crippen LogP contribution in [0.5, 0.6) is 0 Å². The molecular formula is C7H8O4. The first-order chi connectivity index (χ1) is 5.18. The van der Waals surface area contributed by atoms with Gasteiger partial charge in [0.1, 0.15) is 17.8 Å². The van der Waals surface area contributed by atoms with E-state index in [9.17, 15) is 9.59 Å². The number of ketones is 1. The SMILES string of the molecule is CC(=O)CCc1coc(=O)o1. The van der Waals surface area contributed by atoms with Crippen LogP contribution in [-0.2, 0) is 11.2 Å². The van der Waals surface area contributed by atoms with E-state index in [0.29, 0.717) is 18.6 Å². The van der Waals surface area contributed by atoms with Gasteiger partial charge in [-0.1, -0.05) is 0 Å². The second-order valence-electron chi connectivity index (χ2n) is 2.26. The van der Waals surface area contributed by atoms with Crippen molar-refractivity contribution in [1.82, 2.24) is 0 Å². The molecule has 1 rings (SSSR count). The van der Waals surface area contributed by atoms with Gasteiger partial charge in [-0.05, 0) is 6.92 Å². The van der Waals surface area contributed by atoms with Gasteiger partial charge >= 0.3 is 5.82 Å². The Morgan fingerprint density at radius 2 is 2.36 bits per heavy atom. The van der Waals surface area contributed by atoms with E-state index in [0.717, 1.165) is 0 Å². The topological polar surface area (TPSA) is 60.4 Å². The second-order valence-corrected chi connectivity index (χ2v) is 2.26. The lowest BCUT2D eigenvalue weighted by Crippen LogP contribution is -1.93. The molecule has 0 aliphatic heterocycles. The Morgan fingerprint density at radius 1 is 1.64 bits per heavy atom. The van der Waals surface area contributed by atoms with E-state index in [2.05, 4.69) is 8.83 Å². The molecule has 0 saturated carbocycles. The third-order valence-corrected chi connectivity index (χ3v) is 1.22. The van der Waals surface area contributed by atoms with Gasteiger partial charge in [-0.25, -0.2) is 4.79 Å². The number of hydrogen-bond donors (Lipinski definition) is 0. The van der Waals surface area contributed by atoms with Crippen molar-refractivity contribution in [3.63, 3.8) is 0 Å². The van der Waals surface area contributed by atoms with Crippen molar-refractivity contribution in [2.75, 3.05) is 0 Å². The summed E-state index contributed by atoms with van der Waals surface area (Å²) in [6, 6.07) is 0. The molecule has 0 aliphatic rings.